The summed E-state index contributed by atoms with van der Waals surface area (Å²) in [5, 5.41) is 2.50. The highest BCUT2D eigenvalue weighted by atomic mass is 32.2. The Labute approximate surface area is 158 Å². The summed E-state index contributed by atoms with van der Waals surface area (Å²) >= 11 is 0. The second-order valence-electron chi connectivity index (χ2n) is 5.78. The topological polar surface area (TPSA) is 92.8 Å². The molecule has 2 amide bonds. The normalized spacial score (nSPS) is 10.9. The van der Waals surface area contributed by atoms with Crippen LogP contribution >= 0.6 is 0 Å². The van der Waals surface area contributed by atoms with E-state index in [2.05, 4.69) is 5.32 Å². The van der Waals surface area contributed by atoms with Gasteiger partial charge in [0.15, 0.2) is 9.84 Å². The Bertz CT molecular complexity index is 880. The number of ether oxygens (including phenoxy) is 1. The third-order valence-corrected chi connectivity index (χ3v) is 5.14. The number of methoxy groups -OCH3 is 1. The zero-order chi connectivity index (χ0) is 19.9. The van der Waals surface area contributed by atoms with Gasteiger partial charge in [0.1, 0.15) is 17.3 Å². The van der Waals surface area contributed by atoms with Gasteiger partial charge in [0, 0.05) is 17.9 Å². The van der Waals surface area contributed by atoms with Gasteiger partial charge in [-0.2, -0.15) is 0 Å². The number of carbonyl (C=O) groups is 2. The Balaban J connectivity index is 1.98. The van der Waals surface area contributed by atoms with E-state index in [1.165, 1.54) is 12.0 Å². The third kappa shape index (κ3) is 6.10. The molecule has 0 aliphatic rings. The molecule has 2 aromatic carbocycles. The summed E-state index contributed by atoms with van der Waals surface area (Å²) in [4.78, 5) is 25.8. The van der Waals surface area contributed by atoms with Crippen LogP contribution in [0.2, 0.25) is 0 Å². The van der Waals surface area contributed by atoms with Crippen molar-refractivity contribution < 1.29 is 22.7 Å². The maximum absolute atomic E-state index is 12.4. The molecule has 0 saturated heterocycles. The number of sulfone groups is 1. The van der Waals surface area contributed by atoms with Crippen LogP contribution in [0.1, 0.15) is 6.92 Å². The second-order valence-corrected chi connectivity index (χ2v) is 7.85. The van der Waals surface area contributed by atoms with Crippen molar-refractivity contribution >= 4 is 33.0 Å². The first-order chi connectivity index (χ1) is 12.8. The van der Waals surface area contributed by atoms with Crippen LogP contribution in [0.25, 0.3) is 0 Å². The molecule has 8 heteroatoms. The predicted molar refractivity (Wildman–Crippen MR) is 105 cm³/mol. The van der Waals surface area contributed by atoms with Crippen LogP contribution in [0.3, 0.4) is 0 Å². The molecule has 0 radical (unpaired) electrons. The average Bonchev–Trinajstić information content (AvgIpc) is 2.62. The van der Waals surface area contributed by atoms with Crippen molar-refractivity contribution in [3.63, 3.8) is 0 Å². The zero-order valence-electron chi connectivity index (χ0n) is 15.2. The highest BCUT2D eigenvalue weighted by Gasteiger charge is 2.24. The standard InChI is InChI=1S/C19H22N2O5S/c1-3-21(16-7-5-4-6-8-16)19(23)14-27(24,25)13-18(22)20-15-9-11-17(26-2)12-10-15/h4-12H,3,13-14H2,1-2H3,(H,20,22). The molecule has 144 valence electrons. The summed E-state index contributed by atoms with van der Waals surface area (Å²) in [5.74, 6) is -2.15. The molecule has 2 aromatic rings. The average molecular weight is 390 g/mol. The Morgan fingerprint density at radius 3 is 2.19 bits per heavy atom. The first-order valence-electron chi connectivity index (χ1n) is 8.34. The molecule has 0 aromatic heterocycles. The van der Waals surface area contributed by atoms with Gasteiger partial charge < -0.3 is 15.0 Å². The van der Waals surface area contributed by atoms with Crippen LogP contribution in [0.5, 0.6) is 5.75 Å². The number of nitrogens with zero attached hydrogens (tertiary/aromatic N) is 1. The van der Waals surface area contributed by atoms with Crippen LogP contribution in [0.15, 0.2) is 54.6 Å². The number of anilines is 2. The molecular formula is C19H22N2O5S. The molecule has 0 atom stereocenters. The van der Waals surface area contributed by atoms with Crippen molar-refractivity contribution in [2.45, 2.75) is 6.92 Å². The van der Waals surface area contributed by atoms with Gasteiger partial charge in [-0.25, -0.2) is 8.42 Å². The van der Waals surface area contributed by atoms with Gasteiger partial charge in [0.25, 0.3) is 0 Å². The number of para-hydroxylation sites is 1. The monoisotopic (exact) mass is 390 g/mol. The number of hydrogen-bond donors (Lipinski definition) is 1. The van der Waals surface area contributed by atoms with E-state index >= 15 is 0 Å². The molecule has 0 aliphatic heterocycles. The smallest absolute Gasteiger partial charge is 0.242 e. The van der Waals surface area contributed by atoms with Crippen molar-refractivity contribution in [3.05, 3.63) is 54.6 Å². The minimum absolute atomic E-state index is 0.330. The molecule has 27 heavy (non-hydrogen) atoms. The molecular weight excluding hydrogens is 368 g/mol. The fourth-order valence-corrected chi connectivity index (χ4v) is 3.60. The number of benzene rings is 2. The minimum atomic E-state index is -3.90. The van der Waals surface area contributed by atoms with Gasteiger partial charge in [-0.15, -0.1) is 0 Å². The molecule has 7 nitrogen and oxygen atoms in total. The maximum atomic E-state index is 12.4. The molecule has 2 rings (SSSR count). The second kappa shape index (κ2) is 9.18. The third-order valence-electron chi connectivity index (χ3n) is 3.75. The number of nitrogens with one attached hydrogen (secondary N) is 1. The maximum Gasteiger partial charge on any atom is 0.242 e. The lowest BCUT2D eigenvalue weighted by atomic mass is 10.3. The van der Waals surface area contributed by atoms with Crippen molar-refractivity contribution in [1.29, 1.82) is 0 Å². The van der Waals surface area contributed by atoms with Crippen molar-refractivity contribution in [2.75, 3.05) is 35.4 Å². The first kappa shape index (κ1) is 20.4. The molecule has 0 spiro atoms. The van der Waals surface area contributed by atoms with Crippen LogP contribution in [0.4, 0.5) is 11.4 Å². The number of hydrogen-bond acceptors (Lipinski definition) is 5. The van der Waals surface area contributed by atoms with E-state index in [-0.39, 0.29) is 0 Å². The Morgan fingerprint density at radius 1 is 1.00 bits per heavy atom. The van der Waals surface area contributed by atoms with E-state index in [0.717, 1.165) is 0 Å². The van der Waals surface area contributed by atoms with Crippen molar-refractivity contribution in [2.24, 2.45) is 0 Å². The molecule has 1 N–H and O–H groups in total. The van der Waals surface area contributed by atoms with Crippen LogP contribution < -0.4 is 15.0 Å². The summed E-state index contributed by atoms with van der Waals surface area (Å²) in [6.07, 6.45) is 0. The summed E-state index contributed by atoms with van der Waals surface area (Å²) < 4.78 is 29.5. The minimum Gasteiger partial charge on any atom is -0.497 e. The number of amides is 2. The highest BCUT2D eigenvalue weighted by molar-refractivity contribution is 7.92. The summed E-state index contributed by atoms with van der Waals surface area (Å²) in [5.41, 5.74) is 1.06. The van der Waals surface area contributed by atoms with E-state index in [1.54, 1.807) is 55.5 Å². The first-order valence-corrected chi connectivity index (χ1v) is 10.2. The van der Waals surface area contributed by atoms with Gasteiger partial charge >= 0.3 is 0 Å². The largest absolute Gasteiger partial charge is 0.497 e. The van der Waals surface area contributed by atoms with Gasteiger partial charge in [0.05, 0.1) is 7.11 Å². The Hall–Kier alpha value is -2.87. The quantitative estimate of drug-likeness (QED) is 0.745. The predicted octanol–water partition coefficient (Wildman–Crippen LogP) is 2.10. The van der Waals surface area contributed by atoms with Crippen molar-refractivity contribution in [3.8, 4) is 5.75 Å². The van der Waals surface area contributed by atoms with Gasteiger partial charge in [-0.05, 0) is 43.3 Å². The summed E-state index contributed by atoms with van der Waals surface area (Å²) in [6, 6.07) is 15.3. The van der Waals surface area contributed by atoms with E-state index in [0.29, 0.717) is 23.7 Å². The lowest BCUT2D eigenvalue weighted by Gasteiger charge is -2.20. The molecule has 0 aliphatic carbocycles. The molecule has 0 unspecified atom stereocenters. The molecule has 0 saturated carbocycles. The molecule has 0 fully saturated rings. The summed E-state index contributed by atoms with van der Waals surface area (Å²) in [7, 11) is -2.38. The number of carbonyl (C=O) groups excluding carboxylic acids is 2. The lowest BCUT2D eigenvalue weighted by molar-refractivity contribution is -0.116. The zero-order valence-corrected chi connectivity index (χ0v) is 16.0. The highest BCUT2D eigenvalue weighted by Crippen LogP contribution is 2.16. The van der Waals surface area contributed by atoms with Crippen LogP contribution in [-0.2, 0) is 19.4 Å². The van der Waals surface area contributed by atoms with E-state index < -0.39 is 33.2 Å². The van der Waals surface area contributed by atoms with Gasteiger partial charge in [-0.1, -0.05) is 18.2 Å². The Kier molecular flexibility index (Phi) is 6.95. The fraction of sp³-hybridized carbons (Fsp3) is 0.263. The lowest BCUT2D eigenvalue weighted by Crippen LogP contribution is -2.37. The van der Waals surface area contributed by atoms with E-state index in [9.17, 15) is 18.0 Å². The fourth-order valence-electron chi connectivity index (χ4n) is 2.50. The number of rotatable bonds is 8. The SMILES string of the molecule is CCN(C(=O)CS(=O)(=O)CC(=O)Nc1ccc(OC)cc1)c1ccccc1. The van der Waals surface area contributed by atoms with E-state index in [4.69, 9.17) is 4.74 Å². The van der Waals surface area contributed by atoms with Crippen LogP contribution in [0, 0.1) is 0 Å². The molecule has 0 heterocycles. The summed E-state index contributed by atoms with van der Waals surface area (Å²) in [6.45, 7) is 2.09. The van der Waals surface area contributed by atoms with Gasteiger partial charge in [-0.3, -0.25) is 9.59 Å². The molecule has 0 bridgehead atoms. The van der Waals surface area contributed by atoms with Crippen LogP contribution in [-0.4, -0.2) is 45.4 Å². The van der Waals surface area contributed by atoms with E-state index in [1.807, 2.05) is 6.07 Å². The Morgan fingerprint density at radius 2 is 1.63 bits per heavy atom. The van der Waals surface area contributed by atoms with Crippen molar-refractivity contribution in [1.82, 2.24) is 0 Å². The van der Waals surface area contributed by atoms with Gasteiger partial charge in [0.2, 0.25) is 11.8 Å².